The highest BCUT2D eigenvalue weighted by Crippen LogP contribution is 2.27. The second kappa shape index (κ2) is 12.4. The van der Waals surface area contributed by atoms with E-state index in [0.717, 1.165) is 69.1 Å². The third-order valence-electron chi connectivity index (χ3n) is 8.34. The van der Waals surface area contributed by atoms with E-state index in [1.807, 2.05) is 12.1 Å². The van der Waals surface area contributed by atoms with Crippen LogP contribution in [0.15, 0.2) is 66.7 Å². The fraction of sp³-hybridized carbons (Fsp3) is 0.424. The highest BCUT2D eigenvalue weighted by atomic mass is 35.5. The summed E-state index contributed by atoms with van der Waals surface area (Å²) in [6.45, 7) is 8.28. The molecular weight excluding hydrogens is 476 g/mol. The minimum atomic E-state index is 0.298. The summed E-state index contributed by atoms with van der Waals surface area (Å²) < 4.78 is 0. The molecule has 0 radical (unpaired) electrons. The van der Waals surface area contributed by atoms with Gasteiger partial charge in [0.25, 0.3) is 0 Å². The molecule has 0 bridgehead atoms. The lowest BCUT2D eigenvalue weighted by Gasteiger charge is -2.32. The predicted molar refractivity (Wildman–Crippen MR) is 153 cm³/mol. The van der Waals surface area contributed by atoms with Crippen LogP contribution in [-0.2, 0) is 26.1 Å². The van der Waals surface area contributed by atoms with E-state index in [1.54, 1.807) is 0 Å². The lowest BCUT2D eigenvalue weighted by atomic mass is 9.89. The molecule has 3 aromatic carbocycles. The molecule has 1 fully saturated rings. The van der Waals surface area contributed by atoms with Crippen molar-refractivity contribution in [1.29, 1.82) is 0 Å². The van der Waals surface area contributed by atoms with Gasteiger partial charge in [0.05, 0.1) is 0 Å². The number of ketones is 1. The second-order valence-electron chi connectivity index (χ2n) is 11.0. The predicted octanol–water partition coefficient (Wildman–Crippen LogP) is 7.47. The topological polar surface area (TPSA) is 23.6 Å². The molecule has 3 nitrogen and oxygen atoms in total. The zero-order chi connectivity index (χ0) is 25.6. The molecule has 0 spiro atoms. The third-order valence-corrected chi connectivity index (χ3v) is 8.71. The smallest absolute Gasteiger partial charge is 0.162 e. The first-order chi connectivity index (χ1) is 18.0. The SMILES string of the molecule is Cc1ccccc1CN1CCC(CCC(=O)c2ccc3c(c2)CN(Cc2ccccc2Cl)CCC3)CC1. The third kappa shape index (κ3) is 6.90. The van der Waals surface area contributed by atoms with E-state index >= 15 is 0 Å². The fourth-order valence-electron chi connectivity index (χ4n) is 5.95. The number of carbonyl (C=O) groups excluding carboxylic acids is 1. The number of likely N-dealkylation sites (tertiary alicyclic amines) is 1. The van der Waals surface area contributed by atoms with Gasteiger partial charge >= 0.3 is 0 Å². The molecular formula is C33H39ClN2O. The number of aryl methyl sites for hydroxylation is 2. The molecule has 194 valence electrons. The molecule has 0 amide bonds. The number of hydrogen-bond donors (Lipinski definition) is 0. The molecule has 0 aliphatic carbocycles. The van der Waals surface area contributed by atoms with Crippen molar-refractivity contribution in [3.8, 4) is 0 Å². The molecule has 0 aromatic heterocycles. The van der Waals surface area contributed by atoms with E-state index in [0.29, 0.717) is 18.1 Å². The summed E-state index contributed by atoms with van der Waals surface area (Å²) in [5.41, 5.74) is 7.56. The largest absolute Gasteiger partial charge is 0.299 e. The van der Waals surface area contributed by atoms with Crippen LogP contribution in [0.25, 0.3) is 0 Å². The zero-order valence-corrected chi connectivity index (χ0v) is 22.9. The summed E-state index contributed by atoms with van der Waals surface area (Å²) in [5.74, 6) is 0.955. The number of hydrogen-bond acceptors (Lipinski definition) is 3. The molecule has 0 N–H and O–H groups in total. The lowest BCUT2D eigenvalue weighted by molar-refractivity contribution is 0.0961. The van der Waals surface area contributed by atoms with E-state index in [-0.39, 0.29) is 0 Å². The Hall–Kier alpha value is -2.46. The van der Waals surface area contributed by atoms with E-state index in [1.165, 1.54) is 40.7 Å². The Kier molecular flexibility index (Phi) is 8.76. The van der Waals surface area contributed by atoms with Crippen LogP contribution in [0.1, 0.15) is 70.3 Å². The van der Waals surface area contributed by atoms with Crippen molar-refractivity contribution in [2.24, 2.45) is 5.92 Å². The summed E-state index contributed by atoms with van der Waals surface area (Å²) in [5, 5.41) is 0.830. The molecule has 2 aliphatic heterocycles. The Balaban J connectivity index is 1.13. The van der Waals surface area contributed by atoms with Crippen molar-refractivity contribution in [3.05, 3.63) is 105 Å². The molecule has 2 heterocycles. The van der Waals surface area contributed by atoms with E-state index < -0.39 is 0 Å². The highest BCUT2D eigenvalue weighted by Gasteiger charge is 2.22. The van der Waals surface area contributed by atoms with Crippen molar-refractivity contribution in [2.45, 2.75) is 65.1 Å². The van der Waals surface area contributed by atoms with Crippen LogP contribution in [0.4, 0.5) is 0 Å². The summed E-state index contributed by atoms with van der Waals surface area (Å²) in [4.78, 5) is 18.2. The Morgan fingerprint density at radius 3 is 2.38 bits per heavy atom. The van der Waals surface area contributed by atoms with E-state index in [2.05, 4.69) is 71.3 Å². The summed E-state index contributed by atoms with van der Waals surface area (Å²) >= 11 is 6.43. The number of piperidine rings is 1. The van der Waals surface area contributed by atoms with Crippen molar-refractivity contribution < 1.29 is 4.79 Å². The van der Waals surface area contributed by atoms with Crippen LogP contribution in [0.2, 0.25) is 5.02 Å². The first kappa shape index (κ1) is 26.2. The molecule has 0 unspecified atom stereocenters. The fourth-order valence-corrected chi connectivity index (χ4v) is 6.14. The quantitative estimate of drug-likeness (QED) is 0.291. The van der Waals surface area contributed by atoms with Crippen LogP contribution in [-0.4, -0.2) is 35.2 Å². The van der Waals surface area contributed by atoms with Crippen molar-refractivity contribution in [1.82, 2.24) is 9.80 Å². The molecule has 5 rings (SSSR count). The lowest BCUT2D eigenvalue weighted by Crippen LogP contribution is -2.33. The van der Waals surface area contributed by atoms with Gasteiger partial charge in [-0.2, -0.15) is 0 Å². The van der Waals surface area contributed by atoms with Crippen LogP contribution >= 0.6 is 11.6 Å². The van der Waals surface area contributed by atoms with Crippen LogP contribution in [0, 0.1) is 12.8 Å². The van der Waals surface area contributed by atoms with Gasteiger partial charge in [0.15, 0.2) is 5.78 Å². The van der Waals surface area contributed by atoms with E-state index in [9.17, 15) is 4.79 Å². The molecule has 0 atom stereocenters. The Morgan fingerprint density at radius 1 is 0.865 bits per heavy atom. The number of halogens is 1. The molecule has 4 heteroatoms. The Morgan fingerprint density at radius 2 is 1.59 bits per heavy atom. The van der Waals surface area contributed by atoms with Gasteiger partial charge in [0, 0.05) is 36.6 Å². The number of carbonyl (C=O) groups is 1. The molecule has 2 aliphatic rings. The minimum Gasteiger partial charge on any atom is -0.299 e. The first-order valence-electron chi connectivity index (χ1n) is 13.9. The minimum absolute atomic E-state index is 0.298. The number of benzene rings is 3. The second-order valence-corrected chi connectivity index (χ2v) is 11.4. The van der Waals surface area contributed by atoms with Gasteiger partial charge in [-0.05, 0) is 105 Å². The van der Waals surface area contributed by atoms with Crippen molar-refractivity contribution in [2.75, 3.05) is 19.6 Å². The van der Waals surface area contributed by atoms with Crippen LogP contribution in [0.3, 0.4) is 0 Å². The normalized spacial score (nSPS) is 17.4. The summed E-state index contributed by atoms with van der Waals surface area (Å²) in [6, 6.07) is 23.3. The number of Topliss-reactive ketones (excluding diaryl/α,β-unsaturated/α-hetero) is 1. The maximum Gasteiger partial charge on any atom is 0.162 e. The average molecular weight is 515 g/mol. The Bertz CT molecular complexity index is 1210. The summed E-state index contributed by atoms with van der Waals surface area (Å²) in [7, 11) is 0. The standard InChI is InChI=1S/C33H39ClN2O/c1-25-7-2-3-8-29(25)22-35-19-16-26(17-20-35)12-15-33(37)28-14-13-27-10-6-18-36(24-31(27)21-28)23-30-9-4-5-11-32(30)34/h2-5,7-9,11,13-14,21,26H,6,10,12,15-20,22-24H2,1H3. The van der Waals surface area contributed by atoms with Gasteiger partial charge < -0.3 is 0 Å². The molecule has 37 heavy (non-hydrogen) atoms. The summed E-state index contributed by atoms with van der Waals surface area (Å²) in [6.07, 6.45) is 6.26. The van der Waals surface area contributed by atoms with Gasteiger partial charge in [-0.25, -0.2) is 0 Å². The average Bonchev–Trinajstić information content (AvgIpc) is 3.12. The number of nitrogens with zero attached hydrogens (tertiary/aromatic N) is 2. The van der Waals surface area contributed by atoms with Crippen molar-refractivity contribution in [3.63, 3.8) is 0 Å². The van der Waals surface area contributed by atoms with Gasteiger partial charge in [0.2, 0.25) is 0 Å². The van der Waals surface area contributed by atoms with E-state index in [4.69, 9.17) is 11.6 Å². The zero-order valence-electron chi connectivity index (χ0n) is 22.1. The number of fused-ring (bicyclic) bond motifs is 1. The molecule has 1 saturated heterocycles. The monoisotopic (exact) mass is 514 g/mol. The maximum absolute atomic E-state index is 13.2. The number of rotatable bonds is 8. The van der Waals surface area contributed by atoms with Crippen molar-refractivity contribution >= 4 is 17.4 Å². The van der Waals surface area contributed by atoms with Gasteiger partial charge in [-0.1, -0.05) is 66.2 Å². The maximum atomic E-state index is 13.2. The highest BCUT2D eigenvalue weighted by molar-refractivity contribution is 6.31. The van der Waals surface area contributed by atoms with Gasteiger partial charge in [-0.15, -0.1) is 0 Å². The first-order valence-corrected chi connectivity index (χ1v) is 14.3. The van der Waals surface area contributed by atoms with Gasteiger partial charge in [0.1, 0.15) is 0 Å². The van der Waals surface area contributed by atoms with Crippen LogP contribution in [0.5, 0.6) is 0 Å². The molecule has 0 saturated carbocycles. The van der Waals surface area contributed by atoms with Crippen LogP contribution < -0.4 is 0 Å². The Labute approximate surface area is 227 Å². The van der Waals surface area contributed by atoms with Gasteiger partial charge in [-0.3, -0.25) is 14.6 Å². The molecule has 3 aromatic rings.